The largest absolute Gasteiger partial charge is 0.345 e. The van der Waals surface area contributed by atoms with Crippen LogP contribution in [-0.4, -0.2) is 52.0 Å². The smallest absolute Gasteiger partial charge is 0.245 e. The topological polar surface area (TPSA) is 88.3 Å². The Morgan fingerprint density at radius 3 is 2.75 bits per heavy atom. The van der Waals surface area contributed by atoms with Gasteiger partial charge in [-0.05, 0) is 31.3 Å². The van der Waals surface area contributed by atoms with Crippen LogP contribution >= 0.6 is 11.8 Å². The van der Waals surface area contributed by atoms with Gasteiger partial charge in [0.25, 0.3) is 0 Å². The monoisotopic (exact) mass is 354 g/mol. The summed E-state index contributed by atoms with van der Waals surface area (Å²) in [5.41, 5.74) is 0. The van der Waals surface area contributed by atoms with Gasteiger partial charge in [0.15, 0.2) is 5.82 Å². The van der Waals surface area contributed by atoms with Crippen molar-refractivity contribution in [2.75, 3.05) is 19.1 Å². The van der Waals surface area contributed by atoms with E-state index in [1.807, 2.05) is 6.26 Å². The molecular weight excluding hydrogens is 328 g/mol. The molecule has 0 radical (unpaired) electrons. The van der Waals surface area contributed by atoms with Crippen LogP contribution < -0.4 is 5.32 Å². The fourth-order valence-electron chi connectivity index (χ4n) is 2.96. The van der Waals surface area contributed by atoms with Crippen molar-refractivity contribution in [3.63, 3.8) is 0 Å². The van der Waals surface area contributed by atoms with Gasteiger partial charge in [-0.2, -0.15) is 16.7 Å². The zero-order valence-corrected chi connectivity index (χ0v) is 15.4. The van der Waals surface area contributed by atoms with Crippen molar-refractivity contribution in [2.24, 2.45) is 0 Å². The molecule has 1 aromatic rings. The zero-order chi connectivity index (χ0) is 17.5. The second kappa shape index (κ2) is 9.05. The number of carbonyl (C=O) groups is 2. The van der Waals surface area contributed by atoms with Gasteiger partial charge >= 0.3 is 0 Å². The third-order valence-corrected chi connectivity index (χ3v) is 4.87. The van der Waals surface area contributed by atoms with Crippen molar-refractivity contribution in [1.82, 2.24) is 20.4 Å². The van der Waals surface area contributed by atoms with Crippen molar-refractivity contribution in [2.45, 2.75) is 57.5 Å². The van der Waals surface area contributed by atoms with Gasteiger partial charge in [-0.3, -0.25) is 9.59 Å². The number of hydrogen-bond acceptors (Lipinski definition) is 6. The molecule has 1 aromatic heterocycles. The first kappa shape index (κ1) is 18.8. The molecule has 0 aromatic carbocycles. The fourth-order valence-corrected chi connectivity index (χ4v) is 3.44. The Balaban J connectivity index is 1.94. The molecule has 1 saturated carbocycles. The molecule has 0 bridgehead atoms. The molecule has 0 saturated heterocycles. The zero-order valence-electron chi connectivity index (χ0n) is 14.6. The van der Waals surface area contributed by atoms with Gasteiger partial charge in [-0.15, -0.1) is 0 Å². The number of aromatic nitrogens is 2. The summed E-state index contributed by atoms with van der Waals surface area (Å²) in [5.74, 6) is 2.03. The van der Waals surface area contributed by atoms with Crippen molar-refractivity contribution in [3.8, 4) is 0 Å². The van der Waals surface area contributed by atoms with Gasteiger partial charge in [0.05, 0.1) is 6.54 Å². The lowest BCUT2D eigenvalue weighted by Gasteiger charge is -2.23. The van der Waals surface area contributed by atoms with Crippen LogP contribution in [0.15, 0.2) is 4.52 Å². The molecule has 1 aliphatic rings. The summed E-state index contributed by atoms with van der Waals surface area (Å²) < 4.78 is 5.35. The van der Waals surface area contributed by atoms with E-state index in [-0.39, 0.29) is 18.4 Å². The highest BCUT2D eigenvalue weighted by molar-refractivity contribution is 7.98. The first-order valence-corrected chi connectivity index (χ1v) is 9.74. The first-order valence-electron chi connectivity index (χ1n) is 8.34. The second-order valence-corrected chi connectivity index (χ2v) is 7.24. The normalized spacial score (nSPS) is 16.1. The third-order valence-electron chi connectivity index (χ3n) is 4.23. The minimum atomic E-state index is -0.513. The average Bonchev–Trinajstić information content (AvgIpc) is 3.21. The molecule has 2 amide bonds. The molecule has 1 aliphatic carbocycles. The number of amides is 2. The summed E-state index contributed by atoms with van der Waals surface area (Å²) in [6.07, 6.45) is 7.17. The molecule has 134 valence electrons. The fraction of sp³-hybridized carbons (Fsp3) is 0.750. The van der Waals surface area contributed by atoms with Crippen LogP contribution in [0.5, 0.6) is 0 Å². The van der Waals surface area contributed by atoms with Crippen molar-refractivity contribution in [1.29, 1.82) is 0 Å². The highest BCUT2D eigenvalue weighted by atomic mass is 32.2. The van der Waals surface area contributed by atoms with Gasteiger partial charge in [-0.1, -0.05) is 18.0 Å². The Morgan fingerprint density at radius 2 is 2.12 bits per heavy atom. The highest BCUT2D eigenvalue weighted by Gasteiger charge is 2.26. The van der Waals surface area contributed by atoms with Crippen molar-refractivity contribution in [3.05, 3.63) is 11.7 Å². The second-order valence-electron chi connectivity index (χ2n) is 6.26. The lowest BCUT2D eigenvalue weighted by atomic mass is 10.1. The first-order chi connectivity index (χ1) is 11.5. The minimum Gasteiger partial charge on any atom is -0.345 e. The van der Waals surface area contributed by atoms with E-state index in [0.29, 0.717) is 24.1 Å². The number of hydrogen-bond donors (Lipinski definition) is 1. The van der Waals surface area contributed by atoms with Gasteiger partial charge in [-0.25, -0.2) is 0 Å². The summed E-state index contributed by atoms with van der Waals surface area (Å²) in [6, 6.07) is -0.513. The Hall–Kier alpha value is -1.57. The number of carbonyl (C=O) groups excluding carboxylic acids is 2. The highest BCUT2D eigenvalue weighted by Crippen LogP contribution is 2.32. The maximum Gasteiger partial charge on any atom is 0.245 e. The minimum absolute atomic E-state index is 0.133. The quantitative estimate of drug-likeness (QED) is 0.767. The SMILES string of the molecule is CSCC[C@H](NC(C)=O)C(=O)N(C)Cc1noc(C2CCCC2)n1. The molecular formula is C16H26N4O3S. The summed E-state index contributed by atoms with van der Waals surface area (Å²) in [5, 5.41) is 6.72. The molecule has 24 heavy (non-hydrogen) atoms. The van der Waals surface area contributed by atoms with E-state index >= 15 is 0 Å². The summed E-state index contributed by atoms with van der Waals surface area (Å²) in [4.78, 5) is 29.9. The number of nitrogens with zero attached hydrogens (tertiary/aromatic N) is 3. The molecule has 0 aliphatic heterocycles. The third kappa shape index (κ3) is 5.22. The van der Waals surface area contributed by atoms with E-state index in [1.54, 1.807) is 23.7 Å². The van der Waals surface area contributed by atoms with Gasteiger partial charge < -0.3 is 14.7 Å². The molecule has 1 atom stereocenters. The van der Waals surface area contributed by atoms with Crippen LogP contribution in [0.3, 0.4) is 0 Å². The molecule has 1 N–H and O–H groups in total. The maximum absolute atomic E-state index is 12.6. The molecule has 2 rings (SSSR count). The summed E-state index contributed by atoms with van der Waals surface area (Å²) in [6.45, 7) is 1.71. The maximum atomic E-state index is 12.6. The van der Waals surface area contributed by atoms with Crippen molar-refractivity contribution < 1.29 is 14.1 Å². The van der Waals surface area contributed by atoms with E-state index in [9.17, 15) is 9.59 Å². The van der Waals surface area contributed by atoms with Crippen molar-refractivity contribution >= 4 is 23.6 Å². The molecule has 0 unspecified atom stereocenters. The molecule has 1 heterocycles. The number of rotatable bonds is 8. The average molecular weight is 354 g/mol. The Kier molecular flexibility index (Phi) is 7.08. The van der Waals surface area contributed by atoms with Crippen LogP contribution in [-0.2, 0) is 16.1 Å². The van der Waals surface area contributed by atoms with Crippen LogP contribution in [0.2, 0.25) is 0 Å². The lowest BCUT2D eigenvalue weighted by Crippen LogP contribution is -2.46. The Bertz CT molecular complexity index is 557. The number of nitrogens with one attached hydrogen (secondary N) is 1. The van der Waals surface area contributed by atoms with Crippen LogP contribution in [0.1, 0.15) is 56.7 Å². The summed E-state index contributed by atoms with van der Waals surface area (Å²) >= 11 is 1.65. The van der Waals surface area contributed by atoms with E-state index < -0.39 is 6.04 Å². The molecule has 7 nitrogen and oxygen atoms in total. The van der Waals surface area contributed by atoms with Gasteiger partial charge in [0.1, 0.15) is 6.04 Å². The van der Waals surface area contributed by atoms with Crippen LogP contribution in [0.4, 0.5) is 0 Å². The van der Waals surface area contributed by atoms with Gasteiger partial charge in [0, 0.05) is 19.9 Å². The van der Waals surface area contributed by atoms with Crippen LogP contribution in [0.25, 0.3) is 0 Å². The molecule has 1 fully saturated rings. The molecule has 0 spiro atoms. The van der Waals surface area contributed by atoms with Gasteiger partial charge in [0.2, 0.25) is 17.7 Å². The van der Waals surface area contributed by atoms with Crippen LogP contribution in [0, 0.1) is 0 Å². The standard InChI is InChI=1S/C16H26N4O3S/c1-11(21)17-13(8-9-24-3)16(22)20(2)10-14-18-15(23-19-14)12-6-4-5-7-12/h12-13H,4-10H2,1-3H3,(H,17,21)/t13-/m0/s1. The number of thioether (sulfide) groups is 1. The predicted molar refractivity (Wildman–Crippen MR) is 92.6 cm³/mol. The van der Waals surface area contributed by atoms with E-state index in [4.69, 9.17) is 4.52 Å². The predicted octanol–water partition coefficient (Wildman–Crippen LogP) is 1.94. The van der Waals surface area contributed by atoms with E-state index in [0.717, 1.165) is 18.6 Å². The number of likely N-dealkylation sites (N-methyl/N-ethyl adjacent to an activating group) is 1. The molecule has 8 heteroatoms. The van der Waals surface area contributed by atoms with E-state index in [2.05, 4.69) is 15.5 Å². The van der Waals surface area contributed by atoms with E-state index in [1.165, 1.54) is 19.8 Å². The lowest BCUT2D eigenvalue weighted by molar-refractivity contribution is -0.135. The Labute approximate surface area is 146 Å². The summed E-state index contributed by atoms with van der Waals surface area (Å²) in [7, 11) is 1.70. The Morgan fingerprint density at radius 1 is 1.42 bits per heavy atom.